The Labute approximate surface area is 108 Å². The first kappa shape index (κ1) is 11.7. The van der Waals surface area contributed by atoms with Gasteiger partial charge in [-0.15, -0.1) is 0 Å². The monoisotopic (exact) mass is 244 g/mol. The van der Waals surface area contributed by atoms with Crippen LogP contribution in [0.3, 0.4) is 0 Å². The summed E-state index contributed by atoms with van der Waals surface area (Å²) in [6, 6.07) is 6.75. The minimum absolute atomic E-state index is 0.642. The van der Waals surface area contributed by atoms with E-state index in [1.807, 2.05) is 24.4 Å². The van der Waals surface area contributed by atoms with E-state index in [2.05, 4.69) is 32.8 Å². The van der Waals surface area contributed by atoms with Crippen molar-refractivity contribution in [3.63, 3.8) is 0 Å². The van der Waals surface area contributed by atoms with Crippen LogP contribution in [-0.4, -0.2) is 40.5 Å². The number of imidazole rings is 1. The van der Waals surface area contributed by atoms with Crippen LogP contribution in [0.2, 0.25) is 0 Å². The molecule has 4 heteroatoms. The largest absolute Gasteiger partial charge is 0.315 e. The summed E-state index contributed by atoms with van der Waals surface area (Å²) in [7, 11) is 2.20. The fourth-order valence-electron chi connectivity index (χ4n) is 2.66. The number of likely N-dealkylation sites (N-methyl/N-ethyl adjacent to an activating group) is 1. The van der Waals surface area contributed by atoms with Gasteiger partial charge in [-0.2, -0.15) is 0 Å². The SMILES string of the molecule is CN(Cc1cn2ccccc2n1)C1CCCNC1. The number of hydrogen-bond acceptors (Lipinski definition) is 3. The van der Waals surface area contributed by atoms with Crippen LogP contribution in [0.1, 0.15) is 18.5 Å². The zero-order valence-corrected chi connectivity index (χ0v) is 10.8. The molecule has 0 spiro atoms. The van der Waals surface area contributed by atoms with Gasteiger partial charge < -0.3 is 9.72 Å². The predicted octanol–water partition coefficient (Wildman–Crippen LogP) is 1.52. The number of nitrogens with one attached hydrogen (secondary N) is 1. The number of aromatic nitrogens is 2. The Bertz CT molecular complexity index is 480. The Morgan fingerprint density at radius 3 is 3.22 bits per heavy atom. The van der Waals surface area contributed by atoms with Crippen LogP contribution in [-0.2, 0) is 6.54 Å². The normalized spacial score (nSPS) is 20.7. The highest BCUT2D eigenvalue weighted by atomic mass is 15.2. The van der Waals surface area contributed by atoms with Crippen LogP contribution >= 0.6 is 0 Å². The summed E-state index contributed by atoms with van der Waals surface area (Å²) >= 11 is 0. The predicted molar refractivity (Wildman–Crippen MR) is 72.6 cm³/mol. The Balaban J connectivity index is 1.71. The summed E-state index contributed by atoms with van der Waals surface area (Å²) in [6.07, 6.45) is 6.74. The highest BCUT2D eigenvalue weighted by molar-refractivity contribution is 5.39. The maximum atomic E-state index is 4.65. The lowest BCUT2D eigenvalue weighted by Crippen LogP contribution is -2.43. The topological polar surface area (TPSA) is 32.6 Å². The van der Waals surface area contributed by atoms with Crippen LogP contribution in [0.15, 0.2) is 30.6 Å². The third-order valence-corrected chi connectivity index (χ3v) is 3.72. The molecular formula is C14H20N4. The van der Waals surface area contributed by atoms with E-state index in [1.54, 1.807) is 0 Å². The van der Waals surface area contributed by atoms with Gasteiger partial charge in [0.2, 0.25) is 0 Å². The molecule has 1 atom stereocenters. The minimum atomic E-state index is 0.642. The van der Waals surface area contributed by atoms with Gasteiger partial charge in [0.25, 0.3) is 0 Å². The van der Waals surface area contributed by atoms with Crippen molar-refractivity contribution < 1.29 is 0 Å². The van der Waals surface area contributed by atoms with Crippen molar-refractivity contribution in [2.45, 2.75) is 25.4 Å². The molecule has 1 unspecified atom stereocenters. The van der Waals surface area contributed by atoms with Crippen molar-refractivity contribution in [1.82, 2.24) is 19.6 Å². The van der Waals surface area contributed by atoms with Crippen molar-refractivity contribution in [3.05, 3.63) is 36.3 Å². The summed E-state index contributed by atoms with van der Waals surface area (Å²) in [5, 5.41) is 3.46. The van der Waals surface area contributed by atoms with Gasteiger partial charge in [-0.25, -0.2) is 4.98 Å². The number of rotatable bonds is 3. The smallest absolute Gasteiger partial charge is 0.137 e. The van der Waals surface area contributed by atoms with Crippen molar-refractivity contribution in [3.8, 4) is 0 Å². The average molecular weight is 244 g/mol. The fourth-order valence-corrected chi connectivity index (χ4v) is 2.66. The first-order valence-corrected chi connectivity index (χ1v) is 6.66. The van der Waals surface area contributed by atoms with Crippen LogP contribution in [0.25, 0.3) is 5.65 Å². The number of pyridine rings is 1. The minimum Gasteiger partial charge on any atom is -0.315 e. The summed E-state index contributed by atoms with van der Waals surface area (Å²) in [4.78, 5) is 7.06. The van der Waals surface area contributed by atoms with E-state index >= 15 is 0 Å². The molecule has 4 nitrogen and oxygen atoms in total. The quantitative estimate of drug-likeness (QED) is 0.888. The molecule has 0 aliphatic carbocycles. The molecule has 0 bridgehead atoms. The van der Waals surface area contributed by atoms with Crippen molar-refractivity contribution >= 4 is 5.65 Å². The average Bonchev–Trinajstić information content (AvgIpc) is 2.82. The molecule has 3 rings (SSSR count). The molecule has 0 aromatic carbocycles. The summed E-state index contributed by atoms with van der Waals surface area (Å²) in [5.74, 6) is 0. The fraction of sp³-hybridized carbons (Fsp3) is 0.500. The van der Waals surface area contributed by atoms with Crippen molar-refractivity contribution in [2.75, 3.05) is 20.1 Å². The highest BCUT2D eigenvalue weighted by Crippen LogP contribution is 2.12. The number of piperidine rings is 1. The third kappa shape index (κ3) is 2.40. The van der Waals surface area contributed by atoms with Gasteiger partial charge in [0.1, 0.15) is 5.65 Å². The number of hydrogen-bond donors (Lipinski definition) is 1. The third-order valence-electron chi connectivity index (χ3n) is 3.72. The highest BCUT2D eigenvalue weighted by Gasteiger charge is 2.18. The molecule has 1 aliphatic heterocycles. The Morgan fingerprint density at radius 1 is 1.50 bits per heavy atom. The van der Waals surface area contributed by atoms with Gasteiger partial charge >= 0.3 is 0 Å². The molecule has 0 amide bonds. The van der Waals surface area contributed by atoms with E-state index < -0.39 is 0 Å². The molecule has 1 fully saturated rings. The second-order valence-electron chi connectivity index (χ2n) is 5.11. The van der Waals surface area contributed by atoms with Gasteiger partial charge in [-0.1, -0.05) is 6.07 Å². The zero-order valence-electron chi connectivity index (χ0n) is 10.8. The van der Waals surface area contributed by atoms with Crippen molar-refractivity contribution in [1.29, 1.82) is 0 Å². The Kier molecular flexibility index (Phi) is 3.30. The first-order chi connectivity index (χ1) is 8.83. The molecule has 1 saturated heterocycles. The summed E-state index contributed by atoms with van der Waals surface area (Å²) in [5.41, 5.74) is 2.18. The van der Waals surface area contributed by atoms with E-state index in [4.69, 9.17) is 0 Å². The van der Waals surface area contributed by atoms with Gasteiger partial charge in [0.15, 0.2) is 0 Å². The van der Waals surface area contributed by atoms with Crippen LogP contribution in [0.4, 0.5) is 0 Å². The molecule has 1 N–H and O–H groups in total. The van der Waals surface area contributed by atoms with E-state index in [-0.39, 0.29) is 0 Å². The second-order valence-corrected chi connectivity index (χ2v) is 5.11. The number of fused-ring (bicyclic) bond motifs is 1. The number of nitrogens with zero attached hydrogens (tertiary/aromatic N) is 3. The van der Waals surface area contributed by atoms with Gasteiger partial charge in [-0.05, 0) is 38.6 Å². The van der Waals surface area contributed by atoms with E-state index in [0.717, 1.165) is 24.4 Å². The molecular weight excluding hydrogens is 224 g/mol. The van der Waals surface area contributed by atoms with E-state index in [1.165, 1.54) is 19.4 Å². The molecule has 0 radical (unpaired) electrons. The van der Waals surface area contributed by atoms with Gasteiger partial charge in [0.05, 0.1) is 5.69 Å². The lowest BCUT2D eigenvalue weighted by Gasteiger charge is -2.31. The molecule has 2 aromatic heterocycles. The Hall–Kier alpha value is -1.39. The van der Waals surface area contributed by atoms with Crippen molar-refractivity contribution in [2.24, 2.45) is 0 Å². The maximum Gasteiger partial charge on any atom is 0.137 e. The molecule has 1 aliphatic rings. The molecule has 2 aromatic rings. The van der Waals surface area contributed by atoms with Crippen LogP contribution < -0.4 is 5.32 Å². The maximum absolute atomic E-state index is 4.65. The lowest BCUT2D eigenvalue weighted by atomic mass is 10.1. The molecule has 0 saturated carbocycles. The van der Waals surface area contributed by atoms with Gasteiger partial charge in [0, 0.05) is 31.5 Å². The lowest BCUT2D eigenvalue weighted by molar-refractivity contribution is 0.194. The standard InChI is InChI=1S/C14H20N4/c1-17(13-5-4-7-15-9-13)10-12-11-18-8-3-2-6-14(18)16-12/h2-3,6,8,11,13,15H,4-5,7,9-10H2,1H3. The molecule has 3 heterocycles. The van der Waals surface area contributed by atoms with Crippen LogP contribution in [0.5, 0.6) is 0 Å². The Morgan fingerprint density at radius 2 is 2.44 bits per heavy atom. The van der Waals surface area contributed by atoms with E-state index in [0.29, 0.717) is 6.04 Å². The molecule has 18 heavy (non-hydrogen) atoms. The first-order valence-electron chi connectivity index (χ1n) is 6.66. The summed E-state index contributed by atoms with van der Waals surface area (Å²) < 4.78 is 2.09. The zero-order chi connectivity index (χ0) is 12.4. The van der Waals surface area contributed by atoms with E-state index in [9.17, 15) is 0 Å². The van der Waals surface area contributed by atoms with Crippen LogP contribution in [0, 0.1) is 0 Å². The summed E-state index contributed by atoms with van der Waals surface area (Å²) in [6.45, 7) is 3.19. The molecule has 96 valence electrons. The van der Waals surface area contributed by atoms with Gasteiger partial charge in [-0.3, -0.25) is 4.90 Å². The second kappa shape index (κ2) is 5.08.